The molecule has 0 saturated heterocycles. The van der Waals surface area contributed by atoms with E-state index in [-0.39, 0.29) is 12.0 Å². The van der Waals surface area contributed by atoms with Gasteiger partial charge in [-0.05, 0) is 17.7 Å². The van der Waals surface area contributed by atoms with Crippen LogP contribution in [0, 0.1) is 0 Å². The fourth-order valence-electron chi connectivity index (χ4n) is 2.13. The van der Waals surface area contributed by atoms with Crippen LogP contribution in [0.5, 0.6) is 0 Å². The predicted molar refractivity (Wildman–Crippen MR) is 93.0 cm³/mol. The van der Waals surface area contributed by atoms with E-state index in [4.69, 9.17) is 4.98 Å². The Morgan fingerprint density at radius 2 is 1.86 bits per heavy atom. The molecule has 0 radical (unpaired) electrons. The van der Waals surface area contributed by atoms with E-state index in [2.05, 4.69) is 53.7 Å². The van der Waals surface area contributed by atoms with E-state index in [1.165, 1.54) is 5.56 Å². The van der Waals surface area contributed by atoms with E-state index in [1.54, 1.807) is 11.3 Å². The minimum atomic E-state index is -0.0503. The van der Waals surface area contributed by atoms with Gasteiger partial charge in [0.05, 0.1) is 17.2 Å². The van der Waals surface area contributed by atoms with E-state index in [0.717, 1.165) is 26.7 Å². The highest BCUT2D eigenvalue weighted by molar-refractivity contribution is 9.10. The molecule has 2 aromatic rings. The molecule has 0 aliphatic heterocycles. The van der Waals surface area contributed by atoms with Crippen LogP contribution in [0.25, 0.3) is 0 Å². The smallest absolute Gasteiger partial charge is 0.185 e. The zero-order chi connectivity index (χ0) is 15.6. The van der Waals surface area contributed by atoms with Gasteiger partial charge in [0.1, 0.15) is 0 Å². The molecule has 0 saturated carbocycles. The first kappa shape index (κ1) is 16.5. The lowest BCUT2D eigenvalue weighted by Crippen LogP contribution is -2.18. The summed E-state index contributed by atoms with van der Waals surface area (Å²) in [5.41, 5.74) is 2.18. The van der Waals surface area contributed by atoms with Crippen molar-refractivity contribution < 1.29 is 5.11 Å². The van der Waals surface area contributed by atoms with E-state index in [0.29, 0.717) is 0 Å². The summed E-state index contributed by atoms with van der Waals surface area (Å²) < 4.78 is 1.08. The second-order valence-corrected chi connectivity index (χ2v) is 8.14. The summed E-state index contributed by atoms with van der Waals surface area (Å²) in [6.45, 7) is 7.23. The molecule has 0 bridgehead atoms. The van der Waals surface area contributed by atoms with E-state index >= 15 is 0 Å². The normalized spacial score (nSPS) is 11.7. The number of rotatable bonds is 4. The highest BCUT2D eigenvalue weighted by Gasteiger charge is 2.23. The molecule has 5 heteroatoms. The van der Waals surface area contributed by atoms with E-state index < -0.39 is 0 Å². The number of aliphatic hydroxyl groups excluding tert-OH is 1. The van der Waals surface area contributed by atoms with Crippen LogP contribution in [0.15, 0.2) is 28.7 Å². The third-order valence-corrected chi connectivity index (χ3v) is 4.88. The van der Waals surface area contributed by atoms with Crippen molar-refractivity contribution in [1.82, 2.24) is 4.98 Å². The van der Waals surface area contributed by atoms with Crippen LogP contribution in [-0.2, 0) is 18.6 Å². The fraction of sp³-hybridized carbons (Fsp3) is 0.438. The zero-order valence-electron chi connectivity index (χ0n) is 12.9. The maximum absolute atomic E-state index is 9.54. The summed E-state index contributed by atoms with van der Waals surface area (Å²) in [6.07, 6.45) is 0. The minimum Gasteiger partial charge on any atom is -0.391 e. The van der Waals surface area contributed by atoms with Crippen LogP contribution in [0.2, 0.25) is 0 Å². The first-order valence-corrected chi connectivity index (χ1v) is 8.49. The number of aromatic nitrogens is 1. The van der Waals surface area contributed by atoms with Crippen molar-refractivity contribution in [3.8, 4) is 0 Å². The average molecular weight is 369 g/mol. The third kappa shape index (κ3) is 4.05. The molecule has 0 aliphatic carbocycles. The number of benzene rings is 1. The molecule has 1 aromatic heterocycles. The number of halogens is 1. The Morgan fingerprint density at radius 1 is 1.24 bits per heavy atom. The summed E-state index contributed by atoms with van der Waals surface area (Å²) in [5.74, 6) is 0. The Kier molecular flexibility index (Phi) is 5.07. The lowest BCUT2D eigenvalue weighted by Gasteiger charge is -2.18. The number of nitrogens with zero attached hydrogens (tertiary/aromatic N) is 2. The third-order valence-electron chi connectivity index (χ3n) is 3.20. The van der Waals surface area contributed by atoms with Crippen molar-refractivity contribution >= 4 is 32.4 Å². The maximum atomic E-state index is 9.54. The molecule has 1 N–H and O–H groups in total. The molecule has 0 unspecified atom stereocenters. The van der Waals surface area contributed by atoms with E-state index in [9.17, 15) is 5.11 Å². The van der Waals surface area contributed by atoms with Gasteiger partial charge in [-0.2, -0.15) is 0 Å². The van der Waals surface area contributed by atoms with Crippen molar-refractivity contribution in [2.24, 2.45) is 0 Å². The molecule has 3 nitrogen and oxygen atoms in total. The average Bonchev–Trinajstić information content (AvgIpc) is 2.85. The molecule has 1 heterocycles. The van der Waals surface area contributed by atoms with Gasteiger partial charge in [-0.3, -0.25) is 0 Å². The second-order valence-electron chi connectivity index (χ2n) is 6.16. The number of anilines is 1. The first-order chi connectivity index (χ1) is 9.81. The molecule has 0 fully saturated rings. The van der Waals surface area contributed by atoms with Crippen LogP contribution in [0.4, 0.5) is 5.13 Å². The Hall–Kier alpha value is -0.910. The molecular formula is C16H21BrN2OS. The SMILES string of the molecule is CN(Cc1ccc(Br)cc1)c1nc(C(C)(C)C)c(CO)s1. The van der Waals surface area contributed by atoms with Gasteiger partial charge in [0.2, 0.25) is 0 Å². The quantitative estimate of drug-likeness (QED) is 0.872. The molecule has 0 aliphatic rings. The number of hydrogen-bond acceptors (Lipinski definition) is 4. The standard InChI is InChI=1S/C16H21BrN2OS/c1-16(2,3)14-13(10-20)21-15(18-14)19(4)9-11-5-7-12(17)8-6-11/h5-8,20H,9-10H2,1-4H3. The Bertz CT molecular complexity index is 602. The summed E-state index contributed by atoms with van der Waals surface area (Å²) in [7, 11) is 2.04. The fourth-order valence-corrected chi connectivity index (χ4v) is 3.48. The Balaban J connectivity index is 2.21. The van der Waals surface area contributed by atoms with Gasteiger partial charge in [-0.25, -0.2) is 4.98 Å². The van der Waals surface area contributed by atoms with Crippen LogP contribution in [0.1, 0.15) is 36.9 Å². The van der Waals surface area contributed by atoms with Gasteiger partial charge in [-0.1, -0.05) is 60.2 Å². The summed E-state index contributed by atoms with van der Waals surface area (Å²) >= 11 is 5.02. The summed E-state index contributed by atoms with van der Waals surface area (Å²) in [5, 5.41) is 10.5. The maximum Gasteiger partial charge on any atom is 0.185 e. The zero-order valence-corrected chi connectivity index (χ0v) is 15.3. The van der Waals surface area contributed by atoms with Crippen molar-refractivity contribution in [3.63, 3.8) is 0 Å². The molecule has 0 spiro atoms. The monoisotopic (exact) mass is 368 g/mol. The summed E-state index contributed by atoms with van der Waals surface area (Å²) in [6, 6.07) is 8.30. The number of hydrogen-bond donors (Lipinski definition) is 1. The first-order valence-electron chi connectivity index (χ1n) is 6.88. The lowest BCUT2D eigenvalue weighted by molar-refractivity contribution is 0.282. The van der Waals surface area contributed by atoms with Crippen molar-refractivity contribution in [2.75, 3.05) is 11.9 Å². The van der Waals surface area contributed by atoms with Gasteiger partial charge in [0, 0.05) is 23.5 Å². The second kappa shape index (κ2) is 6.46. The number of thiazole rings is 1. The van der Waals surface area contributed by atoms with Crippen LogP contribution < -0.4 is 4.90 Å². The van der Waals surface area contributed by atoms with Crippen LogP contribution in [-0.4, -0.2) is 17.1 Å². The van der Waals surface area contributed by atoms with Gasteiger partial charge >= 0.3 is 0 Å². The molecule has 21 heavy (non-hydrogen) atoms. The van der Waals surface area contributed by atoms with Crippen molar-refractivity contribution in [1.29, 1.82) is 0 Å². The minimum absolute atomic E-state index is 0.0503. The molecule has 2 rings (SSSR count). The molecule has 0 atom stereocenters. The van der Waals surface area contributed by atoms with Gasteiger partial charge in [0.25, 0.3) is 0 Å². The Labute approximate surface area is 138 Å². The van der Waals surface area contributed by atoms with Crippen LogP contribution in [0.3, 0.4) is 0 Å². The largest absolute Gasteiger partial charge is 0.391 e. The Morgan fingerprint density at radius 3 is 2.33 bits per heavy atom. The van der Waals surface area contributed by atoms with Gasteiger partial charge in [-0.15, -0.1) is 0 Å². The lowest BCUT2D eigenvalue weighted by atomic mass is 9.91. The highest BCUT2D eigenvalue weighted by Crippen LogP contribution is 2.33. The molecule has 1 aromatic carbocycles. The van der Waals surface area contributed by atoms with E-state index in [1.807, 2.05) is 19.2 Å². The van der Waals surface area contributed by atoms with Gasteiger partial charge in [0.15, 0.2) is 5.13 Å². The number of aliphatic hydroxyl groups is 1. The van der Waals surface area contributed by atoms with Crippen LogP contribution >= 0.6 is 27.3 Å². The van der Waals surface area contributed by atoms with Crippen molar-refractivity contribution in [3.05, 3.63) is 44.9 Å². The predicted octanol–water partition coefficient (Wildman–Crippen LogP) is 4.33. The van der Waals surface area contributed by atoms with Gasteiger partial charge < -0.3 is 10.0 Å². The highest BCUT2D eigenvalue weighted by atomic mass is 79.9. The molecule has 0 amide bonds. The molecule has 114 valence electrons. The summed E-state index contributed by atoms with van der Waals surface area (Å²) in [4.78, 5) is 7.83. The molecular weight excluding hydrogens is 348 g/mol. The van der Waals surface area contributed by atoms with Crippen molar-refractivity contribution in [2.45, 2.75) is 39.3 Å². The topological polar surface area (TPSA) is 36.4 Å².